The molecule has 3 aliphatic rings. The van der Waals surface area contributed by atoms with Gasteiger partial charge in [0.25, 0.3) is 0 Å². The maximum atomic E-state index is 13.0. The van der Waals surface area contributed by atoms with Gasteiger partial charge in [-0.2, -0.15) is 0 Å². The summed E-state index contributed by atoms with van der Waals surface area (Å²) in [4.78, 5) is 20.5. The van der Waals surface area contributed by atoms with Crippen molar-refractivity contribution in [3.05, 3.63) is 23.3 Å². The molecule has 1 aromatic carbocycles. The van der Waals surface area contributed by atoms with E-state index in [1.165, 1.54) is 35.9 Å². The van der Waals surface area contributed by atoms with E-state index in [0.29, 0.717) is 6.04 Å². The number of aryl methyl sites for hydroxylation is 2. The van der Waals surface area contributed by atoms with Crippen LogP contribution in [0.2, 0.25) is 0 Å². The van der Waals surface area contributed by atoms with Crippen LogP contribution in [0.25, 0.3) is 11.0 Å². The van der Waals surface area contributed by atoms with Gasteiger partial charge in [0.05, 0.1) is 23.2 Å². The number of amides is 1. The Balaban J connectivity index is 1.28. The average molecular weight is 439 g/mol. The summed E-state index contributed by atoms with van der Waals surface area (Å²) < 4.78 is 8.34. The number of hydrogen-bond acceptors (Lipinski definition) is 4. The van der Waals surface area contributed by atoms with E-state index in [1.54, 1.807) is 0 Å². The maximum Gasteiger partial charge on any atom is 0.223 e. The standard InChI is InChI=1S/C26H38N4O2/c1-4-32-24-10-6-9-21(24)27-25(31)19-11-13-29(14-12-19)26-28-22-15-17(2)18(3)16-23(22)30(26)20-7-5-8-20/h15-16,19-21,24H,4-14H2,1-3H3,(H,27,31). The molecule has 0 radical (unpaired) electrons. The van der Waals surface area contributed by atoms with Gasteiger partial charge in [0.1, 0.15) is 0 Å². The zero-order valence-corrected chi connectivity index (χ0v) is 19.9. The lowest BCUT2D eigenvalue weighted by Gasteiger charge is -2.36. The number of carbonyl (C=O) groups is 1. The van der Waals surface area contributed by atoms with E-state index in [0.717, 1.165) is 63.3 Å². The molecule has 5 rings (SSSR count). The number of aromatic nitrogens is 2. The normalized spacial score (nSPS) is 24.8. The number of carbonyl (C=O) groups excluding carboxylic acids is 1. The van der Waals surface area contributed by atoms with Gasteiger partial charge in [-0.15, -0.1) is 0 Å². The van der Waals surface area contributed by atoms with Crippen molar-refractivity contribution >= 4 is 22.9 Å². The van der Waals surface area contributed by atoms with Crippen LogP contribution in [-0.2, 0) is 9.53 Å². The summed E-state index contributed by atoms with van der Waals surface area (Å²) in [6, 6.07) is 5.31. The average Bonchev–Trinajstić information content (AvgIpc) is 3.33. The van der Waals surface area contributed by atoms with Crippen molar-refractivity contribution in [1.82, 2.24) is 14.9 Å². The highest BCUT2D eigenvalue weighted by atomic mass is 16.5. The highest BCUT2D eigenvalue weighted by Gasteiger charge is 2.34. The van der Waals surface area contributed by atoms with Crippen molar-refractivity contribution in [2.24, 2.45) is 5.92 Å². The van der Waals surface area contributed by atoms with Gasteiger partial charge in [-0.1, -0.05) is 0 Å². The van der Waals surface area contributed by atoms with Crippen LogP contribution in [0.5, 0.6) is 0 Å². The fourth-order valence-corrected chi connectivity index (χ4v) is 5.71. The molecule has 32 heavy (non-hydrogen) atoms. The summed E-state index contributed by atoms with van der Waals surface area (Å²) in [6.07, 6.45) is 9.02. The molecule has 2 saturated carbocycles. The SMILES string of the molecule is CCOC1CCCC1NC(=O)C1CCN(c2nc3cc(C)c(C)cc3n2C2CCC2)CC1. The van der Waals surface area contributed by atoms with Crippen LogP contribution < -0.4 is 10.2 Å². The molecule has 6 nitrogen and oxygen atoms in total. The first kappa shape index (κ1) is 21.7. The Bertz CT molecular complexity index is 972. The molecule has 1 amide bonds. The summed E-state index contributed by atoms with van der Waals surface area (Å²) >= 11 is 0. The molecule has 2 aromatic rings. The number of nitrogens with zero attached hydrogens (tertiary/aromatic N) is 3. The number of ether oxygens (including phenoxy) is 1. The van der Waals surface area contributed by atoms with Crippen molar-refractivity contribution in [3.63, 3.8) is 0 Å². The number of anilines is 1. The molecule has 6 heteroatoms. The molecule has 1 aliphatic heterocycles. The predicted octanol–water partition coefficient (Wildman–Crippen LogP) is 4.67. The Hall–Kier alpha value is -2.08. The number of hydrogen-bond donors (Lipinski definition) is 1. The van der Waals surface area contributed by atoms with E-state index in [-0.39, 0.29) is 24.0 Å². The van der Waals surface area contributed by atoms with E-state index in [4.69, 9.17) is 9.72 Å². The zero-order chi connectivity index (χ0) is 22.2. The van der Waals surface area contributed by atoms with Gasteiger partial charge in [0, 0.05) is 31.7 Å². The number of imidazole rings is 1. The molecule has 0 bridgehead atoms. The van der Waals surface area contributed by atoms with Crippen LogP contribution in [0.4, 0.5) is 5.95 Å². The molecule has 1 aromatic heterocycles. The zero-order valence-electron chi connectivity index (χ0n) is 19.9. The molecule has 2 atom stereocenters. The minimum atomic E-state index is 0.0974. The van der Waals surface area contributed by atoms with E-state index >= 15 is 0 Å². The summed E-state index contributed by atoms with van der Waals surface area (Å²) in [5.41, 5.74) is 5.01. The fourth-order valence-electron chi connectivity index (χ4n) is 5.71. The fraction of sp³-hybridized carbons (Fsp3) is 0.692. The molecule has 0 spiro atoms. The number of nitrogens with one attached hydrogen (secondary N) is 1. The monoisotopic (exact) mass is 438 g/mol. The highest BCUT2D eigenvalue weighted by Crippen LogP contribution is 2.39. The van der Waals surface area contributed by atoms with Crippen LogP contribution >= 0.6 is 0 Å². The first-order chi connectivity index (χ1) is 15.5. The molecular weight excluding hydrogens is 400 g/mol. The van der Waals surface area contributed by atoms with Gasteiger partial charge >= 0.3 is 0 Å². The number of benzene rings is 1. The van der Waals surface area contributed by atoms with Crippen LogP contribution in [0, 0.1) is 19.8 Å². The first-order valence-electron chi connectivity index (χ1n) is 12.7. The highest BCUT2D eigenvalue weighted by molar-refractivity contribution is 5.82. The van der Waals surface area contributed by atoms with Crippen LogP contribution in [-0.4, -0.2) is 47.3 Å². The predicted molar refractivity (Wildman–Crippen MR) is 128 cm³/mol. The van der Waals surface area contributed by atoms with Crippen molar-refractivity contribution in [3.8, 4) is 0 Å². The number of piperidine rings is 1. The smallest absolute Gasteiger partial charge is 0.223 e. The minimum Gasteiger partial charge on any atom is -0.376 e. The van der Waals surface area contributed by atoms with Gasteiger partial charge < -0.3 is 19.5 Å². The van der Waals surface area contributed by atoms with E-state index in [1.807, 2.05) is 6.92 Å². The summed E-state index contributed by atoms with van der Waals surface area (Å²) in [6.45, 7) is 8.90. The largest absolute Gasteiger partial charge is 0.376 e. The Morgan fingerprint density at radius 1 is 1.06 bits per heavy atom. The Morgan fingerprint density at radius 2 is 1.78 bits per heavy atom. The number of rotatable bonds is 6. The molecular formula is C26H38N4O2. The lowest BCUT2D eigenvalue weighted by Crippen LogP contribution is -2.47. The topological polar surface area (TPSA) is 59.4 Å². The molecule has 2 unspecified atom stereocenters. The van der Waals surface area contributed by atoms with E-state index < -0.39 is 0 Å². The van der Waals surface area contributed by atoms with Crippen LogP contribution in [0.1, 0.15) is 75.5 Å². The Kier molecular flexibility index (Phi) is 6.15. The quantitative estimate of drug-likeness (QED) is 0.712. The Labute approximate surface area is 191 Å². The molecule has 174 valence electrons. The maximum absolute atomic E-state index is 13.0. The van der Waals surface area contributed by atoms with Crippen molar-refractivity contribution in [1.29, 1.82) is 0 Å². The van der Waals surface area contributed by atoms with Gasteiger partial charge in [-0.3, -0.25) is 4.79 Å². The third-order valence-electron chi connectivity index (χ3n) is 8.04. The molecule has 1 N–H and O–H groups in total. The summed E-state index contributed by atoms with van der Waals surface area (Å²) in [5.74, 6) is 1.43. The molecule has 3 fully saturated rings. The second-order valence-electron chi connectivity index (χ2n) is 10.1. The second-order valence-corrected chi connectivity index (χ2v) is 10.1. The first-order valence-corrected chi connectivity index (χ1v) is 12.7. The molecule has 2 heterocycles. The van der Waals surface area contributed by atoms with E-state index in [9.17, 15) is 4.79 Å². The van der Waals surface area contributed by atoms with Gasteiger partial charge in [-0.05, 0) is 95.4 Å². The van der Waals surface area contributed by atoms with Crippen molar-refractivity contribution < 1.29 is 9.53 Å². The lowest BCUT2D eigenvalue weighted by atomic mass is 9.92. The van der Waals surface area contributed by atoms with Gasteiger partial charge in [0.15, 0.2) is 0 Å². The molecule has 1 saturated heterocycles. The minimum absolute atomic E-state index is 0.0974. The molecule has 2 aliphatic carbocycles. The van der Waals surface area contributed by atoms with Crippen molar-refractivity contribution in [2.75, 3.05) is 24.6 Å². The van der Waals surface area contributed by atoms with Crippen LogP contribution in [0.3, 0.4) is 0 Å². The second kappa shape index (κ2) is 9.05. The van der Waals surface area contributed by atoms with E-state index in [2.05, 4.69) is 40.8 Å². The van der Waals surface area contributed by atoms with Crippen molar-refractivity contribution in [2.45, 2.75) is 90.3 Å². The number of fused-ring (bicyclic) bond motifs is 1. The van der Waals surface area contributed by atoms with Gasteiger partial charge in [0.2, 0.25) is 11.9 Å². The lowest BCUT2D eigenvalue weighted by molar-refractivity contribution is -0.127. The Morgan fingerprint density at radius 3 is 2.47 bits per heavy atom. The summed E-state index contributed by atoms with van der Waals surface area (Å²) in [5, 5.41) is 3.32. The third-order valence-corrected chi connectivity index (χ3v) is 8.04. The van der Waals surface area contributed by atoms with Crippen LogP contribution in [0.15, 0.2) is 12.1 Å². The summed E-state index contributed by atoms with van der Waals surface area (Å²) in [7, 11) is 0. The van der Waals surface area contributed by atoms with Gasteiger partial charge in [-0.25, -0.2) is 4.98 Å². The third kappa shape index (κ3) is 4.02.